The first-order valence-corrected chi connectivity index (χ1v) is 4.24. The van der Waals surface area contributed by atoms with Gasteiger partial charge in [0.15, 0.2) is 0 Å². The molecule has 0 N–H and O–H groups in total. The smallest absolute Gasteiger partial charge is 0.186 e. The molecule has 0 saturated carbocycles. The Labute approximate surface area is 82.5 Å². The van der Waals surface area contributed by atoms with Crippen molar-refractivity contribution in [3.05, 3.63) is 34.9 Å². The summed E-state index contributed by atoms with van der Waals surface area (Å²) in [7, 11) is 0. The van der Waals surface area contributed by atoms with Gasteiger partial charge in [-0.25, -0.2) is 0 Å². The van der Waals surface area contributed by atoms with Crippen LogP contribution >= 0.6 is 11.6 Å². The number of benzene rings is 1. The molecule has 0 aliphatic heterocycles. The summed E-state index contributed by atoms with van der Waals surface area (Å²) in [6, 6.07) is 7.98. The standard InChI is InChI=1S/C9H11Cl.CO2/c1-7(2)8-4-3-5-9(10)6-8;2-1-3/h3-7H,1-2H3;. The van der Waals surface area contributed by atoms with Crippen LogP contribution < -0.4 is 0 Å². The first-order chi connectivity index (χ1) is 6.11. The van der Waals surface area contributed by atoms with Crippen molar-refractivity contribution in [2.75, 3.05) is 0 Å². The van der Waals surface area contributed by atoms with Crippen molar-refractivity contribution >= 4 is 17.8 Å². The van der Waals surface area contributed by atoms with E-state index in [4.69, 9.17) is 21.2 Å². The minimum Gasteiger partial charge on any atom is -0.186 e. The second-order valence-corrected chi connectivity index (χ2v) is 3.23. The van der Waals surface area contributed by atoms with E-state index in [1.807, 2.05) is 18.2 Å². The van der Waals surface area contributed by atoms with Gasteiger partial charge in [-0.1, -0.05) is 37.6 Å². The quantitative estimate of drug-likeness (QED) is 0.696. The Bertz CT molecular complexity index is 289. The van der Waals surface area contributed by atoms with Crippen LogP contribution in [0.5, 0.6) is 0 Å². The van der Waals surface area contributed by atoms with E-state index >= 15 is 0 Å². The summed E-state index contributed by atoms with van der Waals surface area (Å²) < 4.78 is 0. The molecule has 0 fully saturated rings. The lowest BCUT2D eigenvalue weighted by atomic mass is 10.0. The summed E-state index contributed by atoms with van der Waals surface area (Å²) in [5.74, 6) is 0.568. The fraction of sp³-hybridized carbons (Fsp3) is 0.300. The Morgan fingerprint density at radius 1 is 1.31 bits per heavy atom. The van der Waals surface area contributed by atoms with Gasteiger partial charge in [-0.15, -0.1) is 0 Å². The van der Waals surface area contributed by atoms with Gasteiger partial charge in [0.1, 0.15) is 0 Å². The van der Waals surface area contributed by atoms with Crippen molar-refractivity contribution in [2.24, 2.45) is 0 Å². The first-order valence-electron chi connectivity index (χ1n) is 3.86. The molecule has 0 unspecified atom stereocenters. The SMILES string of the molecule is CC(C)c1cccc(Cl)c1.O=C=O. The molecule has 0 amide bonds. The molecule has 0 spiro atoms. The average Bonchev–Trinajstić information content (AvgIpc) is 2.05. The predicted molar refractivity (Wildman–Crippen MR) is 50.5 cm³/mol. The Balaban J connectivity index is 0.000000424. The molecule has 0 aliphatic rings. The molecule has 0 bridgehead atoms. The van der Waals surface area contributed by atoms with Gasteiger partial charge in [-0.05, 0) is 23.6 Å². The summed E-state index contributed by atoms with van der Waals surface area (Å²) in [6.45, 7) is 4.32. The van der Waals surface area contributed by atoms with E-state index in [0.29, 0.717) is 5.92 Å². The Morgan fingerprint density at radius 2 is 1.85 bits per heavy atom. The Hall–Kier alpha value is -1.11. The molecule has 70 valence electrons. The lowest BCUT2D eigenvalue weighted by Gasteiger charge is -2.03. The van der Waals surface area contributed by atoms with E-state index in [-0.39, 0.29) is 6.15 Å². The second kappa shape index (κ2) is 6.41. The number of carbonyl (C=O) groups excluding carboxylic acids is 2. The minimum absolute atomic E-state index is 0.250. The maximum absolute atomic E-state index is 8.12. The molecule has 3 heteroatoms. The van der Waals surface area contributed by atoms with Crippen LogP contribution in [0.4, 0.5) is 0 Å². The van der Waals surface area contributed by atoms with Crippen LogP contribution in [0.3, 0.4) is 0 Å². The van der Waals surface area contributed by atoms with Gasteiger partial charge in [0.05, 0.1) is 0 Å². The Morgan fingerprint density at radius 3 is 2.15 bits per heavy atom. The van der Waals surface area contributed by atoms with Crippen molar-refractivity contribution in [3.63, 3.8) is 0 Å². The summed E-state index contributed by atoms with van der Waals surface area (Å²) in [6.07, 6.45) is 0.250. The first kappa shape index (κ1) is 11.9. The fourth-order valence-electron chi connectivity index (χ4n) is 0.866. The normalized spacial score (nSPS) is 8.62. The zero-order valence-corrected chi connectivity index (χ0v) is 8.34. The molecule has 1 rings (SSSR count). The van der Waals surface area contributed by atoms with Crippen LogP contribution in [-0.4, -0.2) is 6.15 Å². The van der Waals surface area contributed by atoms with Crippen LogP contribution in [-0.2, 0) is 9.59 Å². The van der Waals surface area contributed by atoms with E-state index in [2.05, 4.69) is 19.9 Å². The lowest BCUT2D eigenvalue weighted by molar-refractivity contribution is -0.191. The molecule has 0 aliphatic carbocycles. The van der Waals surface area contributed by atoms with Gasteiger partial charge in [0.25, 0.3) is 0 Å². The van der Waals surface area contributed by atoms with Crippen LogP contribution in [0.1, 0.15) is 25.3 Å². The molecule has 13 heavy (non-hydrogen) atoms. The van der Waals surface area contributed by atoms with Crippen molar-refractivity contribution in [1.82, 2.24) is 0 Å². The number of hydrogen-bond acceptors (Lipinski definition) is 2. The second-order valence-electron chi connectivity index (χ2n) is 2.79. The zero-order chi connectivity index (χ0) is 10.3. The lowest BCUT2D eigenvalue weighted by Crippen LogP contribution is -1.84. The van der Waals surface area contributed by atoms with Gasteiger partial charge in [-0.2, -0.15) is 9.59 Å². The van der Waals surface area contributed by atoms with Gasteiger partial charge >= 0.3 is 6.15 Å². The van der Waals surface area contributed by atoms with Crippen LogP contribution in [0, 0.1) is 0 Å². The van der Waals surface area contributed by atoms with Crippen LogP contribution in [0.2, 0.25) is 5.02 Å². The molecule has 2 nitrogen and oxygen atoms in total. The number of halogens is 1. The summed E-state index contributed by atoms with van der Waals surface area (Å²) in [4.78, 5) is 16.2. The minimum atomic E-state index is 0.250. The zero-order valence-electron chi connectivity index (χ0n) is 7.58. The number of hydrogen-bond donors (Lipinski definition) is 0. The highest BCUT2D eigenvalue weighted by Crippen LogP contribution is 2.17. The third-order valence-electron chi connectivity index (χ3n) is 1.52. The summed E-state index contributed by atoms with van der Waals surface area (Å²) in [5.41, 5.74) is 1.30. The number of rotatable bonds is 1. The molecular formula is C10H11ClO2. The van der Waals surface area contributed by atoms with E-state index < -0.39 is 0 Å². The van der Waals surface area contributed by atoms with Crippen molar-refractivity contribution in [2.45, 2.75) is 19.8 Å². The molecule has 0 heterocycles. The van der Waals surface area contributed by atoms with Crippen LogP contribution in [0.25, 0.3) is 0 Å². The monoisotopic (exact) mass is 198 g/mol. The molecule has 0 radical (unpaired) electrons. The largest absolute Gasteiger partial charge is 0.373 e. The van der Waals surface area contributed by atoms with Gasteiger partial charge in [0, 0.05) is 5.02 Å². The fourth-order valence-corrected chi connectivity index (χ4v) is 1.06. The molecule has 0 saturated heterocycles. The van der Waals surface area contributed by atoms with Crippen molar-refractivity contribution in [3.8, 4) is 0 Å². The van der Waals surface area contributed by atoms with Gasteiger partial charge in [-0.3, -0.25) is 0 Å². The highest BCUT2D eigenvalue weighted by Gasteiger charge is 1.97. The summed E-state index contributed by atoms with van der Waals surface area (Å²) >= 11 is 5.79. The molecule has 1 aromatic rings. The van der Waals surface area contributed by atoms with E-state index in [1.54, 1.807) is 0 Å². The maximum atomic E-state index is 8.12. The van der Waals surface area contributed by atoms with Crippen molar-refractivity contribution < 1.29 is 9.59 Å². The van der Waals surface area contributed by atoms with E-state index in [9.17, 15) is 0 Å². The highest BCUT2D eigenvalue weighted by atomic mass is 35.5. The molecule has 0 atom stereocenters. The molecular weight excluding hydrogens is 188 g/mol. The molecule has 1 aromatic carbocycles. The third-order valence-corrected chi connectivity index (χ3v) is 1.75. The van der Waals surface area contributed by atoms with E-state index in [1.165, 1.54) is 5.56 Å². The summed E-state index contributed by atoms with van der Waals surface area (Å²) in [5, 5.41) is 0.825. The maximum Gasteiger partial charge on any atom is 0.373 e. The topological polar surface area (TPSA) is 34.1 Å². The Kier molecular flexibility index (Phi) is 5.86. The predicted octanol–water partition coefficient (Wildman–Crippen LogP) is 2.88. The van der Waals surface area contributed by atoms with Crippen LogP contribution in [0.15, 0.2) is 24.3 Å². The van der Waals surface area contributed by atoms with Gasteiger partial charge < -0.3 is 0 Å². The van der Waals surface area contributed by atoms with E-state index in [0.717, 1.165) is 5.02 Å². The average molecular weight is 199 g/mol. The molecule has 0 aromatic heterocycles. The third kappa shape index (κ3) is 5.18. The van der Waals surface area contributed by atoms with Crippen molar-refractivity contribution in [1.29, 1.82) is 0 Å². The van der Waals surface area contributed by atoms with Gasteiger partial charge in [0.2, 0.25) is 0 Å². The highest BCUT2D eigenvalue weighted by molar-refractivity contribution is 6.30.